The summed E-state index contributed by atoms with van der Waals surface area (Å²) in [6.45, 7) is 4.90. The van der Waals surface area contributed by atoms with Crippen molar-refractivity contribution in [2.45, 2.75) is 71.1 Å². The highest BCUT2D eigenvalue weighted by atomic mass is 16.6. The molecule has 0 aromatic rings. The maximum Gasteiger partial charge on any atom is 0.305 e. The molecular weight excluding hydrogens is 392 g/mol. The molecule has 0 spiro atoms. The van der Waals surface area contributed by atoms with Gasteiger partial charge in [0.25, 0.3) is 0 Å². The number of hydrogen-bond donors (Lipinski definition) is 1. The fourth-order valence-electron chi connectivity index (χ4n) is 2.93. The van der Waals surface area contributed by atoms with Crippen molar-refractivity contribution in [3.8, 4) is 0 Å². The monoisotopic (exact) mass is 424 g/mol. The lowest BCUT2D eigenvalue weighted by Crippen LogP contribution is -2.51. The van der Waals surface area contributed by atoms with E-state index in [2.05, 4.69) is 0 Å². The van der Waals surface area contributed by atoms with Crippen LogP contribution in [-0.4, -0.2) is 60.5 Å². The standard InChI is InChI=1S/C21H32N2O7/c1-5-15(24)11-16(23-10-8-9-14(12-23)21(22)27)20(30-19(26)7-3)17(28-4)13-29-18(25)6-2/h8,10,12,16-17,20H,5-7,9,11,13H2,1-4H3,(H2,22,27)/t16-,17-,20+/m1/s1. The number of methoxy groups -OCH3 is 1. The van der Waals surface area contributed by atoms with Gasteiger partial charge in [-0.1, -0.05) is 26.8 Å². The zero-order valence-electron chi connectivity index (χ0n) is 18.1. The first-order valence-electron chi connectivity index (χ1n) is 10.1. The molecule has 0 unspecified atom stereocenters. The van der Waals surface area contributed by atoms with Gasteiger partial charge in [0.2, 0.25) is 5.91 Å². The lowest BCUT2D eigenvalue weighted by molar-refractivity contribution is -0.168. The van der Waals surface area contributed by atoms with E-state index in [9.17, 15) is 19.2 Å². The Hall–Kier alpha value is -2.68. The predicted molar refractivity (Wildman–Crippen MR) is 109 cm³/mol. The second kappa shape index (κ2) is 12.8. The highest BCUT2D eigenvalue weighted by Crippen LogP contribution is 2.24. The third-order valence-electron chi connectivity index (χ3n) is 4.75. The van der Waals surface area contributed by atoms with E-state index in [1.54, 1.807) is 44.1 Å². The number of ether oxygens (including phenoxy) is 3. The normalized spacial score (nSPS) is 16.3. The zero-order chi connectivity index (χ0) is 22.7. The second-order valence-corrected chi connectivity index (χ2v) is 6.84. The summed E-state index contributed by atoms with van der Waals surface area (Å²) in [6, 6.07) is -0.677. The summed E-state index contributed by atoms with van der Waals surface area (Å²) < 4.78 is 16.3. The smallest absolute Gasteiger partial charge is 0.305 e. The van der Waals surface area contributed by atoms with Gasteiger partial charge >= 0.3 is 11.9 Å². The Balaban J connectivity index is 3.31. The molecule has 0 aliphatic carbocycles. The Bertz CT molecular complexity index is 687. The molecule has 0 saturated heterocycles. The van der Waals surface area contributed by atoms with Gasteiger partial charge in [0.1, 0.15) is 18.5 Å². The minimum absolute atomic E-state index is 0.0344. The molecule has 2 N–H and O–H groups in total. The van der Waals surface area contributed by atoms with Gasteiger partial charge in [-0.25, -0.2) is 0 Å². The zero-order valence-corrected chi connectivity index (χ0v) is 18.1. The quantitative estimate of drug-likeness (QED) is 0.442. The van der Waals surface area contributed by atoms with Crippen LogP contribution in [0.4, 0.5) is 0 Å². The molecule has 0 aromatic carbocycles. The fraction of sp³-hybridized carbons (Fsp3) is 0.619. The third kappa shape index (κ3) is 7.62. The van der Waals surface area contributed by atoms with E-state index in [-0.39, 0.29) is 38.1 Å². The molecule has 9 nitrogen and oxygen atoms in total. The first-order valence-corrected chi connectivity index (χ1v) is 10.1. The summed E-state index contributed by atoms with van der Waals surface area (Å²) >= 11 is 0. The van der Waals surface area contributed by atoms with Crippen molar-refractivity contribution < 1.29 is 33.4 Å². The molecule has 9 heteroatoms. The molecule has 0 saturated carbocycles. The summed E-state index contributed by atoms with van der Waals surface area (Å²) in [5.74, 6) is -1.55. The second-order valence-electron chi connectivity index (χ2n) is 6.84. The number of rotatable bonds is 13. The first kappa shape index (κ1) is 25.4. The van der Waals surface area contributed by atoms with Gasteiger partial charge in [-0.3, -0.25) is 19.2 Å². The number of primary amides is 1. The Morgan fingerprint density at radius 1 is 1.10 bits per heavy atom. The summed E-state index contributed by atoms with van der Waals surface area (Å²) in [7, 11) is 1.41. The van der Waals surface area contributed by atoms with Crippen LogP contribution in [0.1, 0.15) is 52.9 Å². The van der Waals surface area contributed by atoms with Gasteiger partial charge in [0, 0.05) is 50.8 Å². The molecule has 30 heavy (non-hydrogen) atoms. The number of carbonyl (C=O) groups excluding carboxylic acids is 4. The summed E-state index contributed by atoms with van der Waals surface area (Å²) in [4.78, 5) is 49.4. The van der Waals surface area contributed by atoms with Crippen LogP contribution in [-0.2, 0) is 33.4 Å². The summed E-state index contributed by atoms with van der Waals surface area (Å²) in [5, 5.41) is 0. The van der Waals surface area contributed by atoms with E-state index in [1.807, 2.05) is 0 Å². The topological polar surface area (TPSA) is 125 Å². The molecule has 0 fully saturated rings. The highest BCUT2D eigenvalue weighted by molar-refractivity contribution is 5.92. The number of nitrogens with zero attached hydrogens (tertiary/aromatic N) is 1. The van der Waals surface area contributed by atoms with E-state index < -0.39 is 36.1 Å². The minimum Gasteiger partial charge on any atom is -0.463 e. The predicted octanol–water partition coefficient (Wildman–Crippen LogP) is 1.60. The van der Waals surface area contributed by atoms with Crippen LogP contribution in [0.25, 0.3) is 0 Å². The van der Waals surface area contributed by atoms with Crippen molar-refractivity contribution in [3.63, 3.8) is 0 Å². The van der Waals surface area contributed by atoms with Crippen LogP contribution >= 0.6 is 0 Å². The van der Waals surface area contributed by atoms with Crippen LogP contribution in [0.3, 0.4) is 0 Å². The molecule has 0 bridgehead atoms. The molecule has 1 aliphatic rings. The number of nitrogens with two attached hydrogens (primary N) is 1. The Morgan fingerprint density at radius 3 is 2.30 bits per heavy atom. The lowest BCUT2D eigenvalue weighted by Gasteiger charge is -2.38. The number of amides is 1. The fourth-order valence-corrected chi connectivity index (χ4v) is 2.93. The van der Waals surface area contributed by atoms with Crippen LogP contribution in [0.5, 0.6) is 0 Å². The van der Waals surface area contributed by atoms with E-state index in [0.29, 0.717) is 12.0 Å². The average Bonchev–Trinajstić information content (AvgIpc) is 2.76. The number of carbonyl (C=O) groups is 4. The van der Waals surface area contributed by atoms with E-state index in [4.69, 9.17) is 19.9 Å². The first-order chi connectivity index (χ1) is 14.3. The van der Waals surface area contributed by atoms with Gasteiger partial charge < -0.3 is 24.8 Å². The maximum atomic E-state index is 12.3. The van der Waals surface area contributed by atoms with Crippen molar-refractivity contribution in [1.82, 2.24) is 4.90 Å². The van der Waals surface area contributed by atoms with Gasteiger partial charge in [-0.05, 0) is 6.42 Å². The molecule has 1 amide bonds. The van der Waals surface area contributed by atoms with Gasteiger partial charge in [0.05, 0.1) is 6.04 Å². The number of ketones is 1. The minimum atomic E-state index is -0.935. The van der Waals surface area contributed by atoms with Crippen LogP contribution in [0.15, 0.2) is 24.0 Å². The number of hydrogen-bond acceptors (Lipinski definition) is 8. The Morgan fingerprint density at radius 2 is 1.77 bits per heavy atom. The molecule has 3 atom stereocenters. The molecule has 1 aliphatic heterocycles. The van der Waals surface area contributed by atoms with Crippen LogP contribution in [0.2, 0.25) is 0 Å². The van der Waals surface area contributed by atoms with E-state index in [1.165, 1.54) is 7.11 Å². The third-order valence-corrected chi connectivity index (χ3v) is 4.75. The molecular formula is C21H32N2O7. The van der Waals surface area contributed by atoms with Crippen molar-refractivity contribution in [3.05, 3.63) is 24.0 Å². The van der Waals surface area contributed by atoms with Crippen LogP contribution in [0, 0.1) is 0 Å². The van der Waals surface area contributed by atoms with Crippen molar-refractivity contribution >= 4 is 23.6 Å². The largest absolute Gasteiger partial charge is 0.463 e. The number of Topliss-reactive ketones (excluding diaryl/α,β-unsaturated/α-hetero) is 1. The number of esters is 2. The lowest BCUT2D eigenvalue weighted by atomic mass is 9.96. The van der Waals surface area contributed by atoms with E-state index >= 15 is 0 Å². The van der Waals surface area contributed by atoms with Crippen LogP contribution < -0.4 is 5.73 Å². The molecule has 0 radical (unpaired) electrons. The van der Waals surface area contributed by atoms with Gasteiger partial charge in [-0.15, -0.1) is 0 Å². The molecule has 0 aromatic heterocycles. The summed E-state index contributed by atoms with van der Waals surface area (Å²) in [6.07, 6.45) is 4.24. The summed E-state index contributed by atoms with van der Waals surface area (Å²) in [5.41, 5.74) is 5.77. The Kier molecular flexibility index (Phi) is 10.8. The molecule has 168 valence electrons. The Labute approximate surface area is 177 Å². The maximum absolute atomic E-state index is 12.3. The number of allylic oxidation sites excluding steroid dienone is 1. The van der Waals surface area contributed by atoms with Crippen molar-refractivity contribution in [1.29, 1.82) is 0 Å². The average molecular weight is 424 g/mol. The molecule has 1 rings (SSSR count). The molecule has 1 heterocycles. The van der Waals surface area contributed by atoms with Gasteiger partial charge in [-0.2, -0.15) is 0 Å². The SMILES string of the molecule is CCC(=O)C[C@H]([C@H](OC(=O)CC)[C@@H](COC(=O)CC)OC)N1C=CCC(C(N)=O)=C1. The van der Waals surface area contributed by atoms with E-state index in [0.717, 1.165) is 0 Å². The highest BCUT2D eigenvalue weighted by Gasteiger charge is 2.38. The van der Waals surface area contributed by atoms with Crippen molar-refractivity contribution in [2.75, 3.05) is 13.7 Å². The van der Waals surface area contributed by atoms with Gasteiger partial charge in [0.15, 0.2) is 6.10 Å². The van der Waals surface area contributed by atoms with Crippen molar-refractivity contribution in [2.24, 2.45) is 5.73 Å².